The normalized spacial score (nSPS) is 14.8. The summed E-state index contributed by atoms with van der Waals surface area (Å²) >= 11 is 3.91. The molecule has 0 N–H and O–H groups in total. The second-order valence-corrected chi connectivity index (χ2v) is 3.88. The van der Waals surface area contributed by atoms with Crippen molar-refractivity contribution in [2.75, 3.05) is 5.75 Å². The van der Waals surface area contributed by atoms with E-state index in [9.17, 15) is 8.42 Å². The van der Waals surface area contributed by atoms with Crippen molar-refractivity contribution in [3.63, 3.8) is 0 Å². The van der Waals surface area contributed by atoms with Gasteiger partial charge < -0.3 is 0 Å². The topological polar surface area (TPSA) is 34.1 Å². The Balaban J connectivity index is 3.99. The van der Waals surface area contributed by atoms with Crippen molar-refractivity contribution in [3.8, 4) is 0 Å². The van der Waals surface area contributed by atoms with Gasteiger partial charge in [0, 0.05) is 5.75 Å². The van der Waals surface area contributed by atoms with Crippen molar-refractivity contribution in [1.29, 1.82) is 0 Å². The van der Waals surface area contributed by atoms with Gasteiger partial charge in [0.2, 0.25) is 0 Å². The van der Waals surface area contributed by atoms with Gasteiger partial charge in [-0.3, -0.25) is 0 Å². The molecule has 9 heavy (non-hydrogen) atoms. The summed E-state index contributed by atoms with van der Waals surface area (Å²) in [6.07, 6.45) is 0. The van der Waals surface area contributed by atoms with E-state index in [4.69, 9.17) is 0 Å². The number of thiol groups is 2. The van der Waals surface area contributed by atoms with Gasteiger partial charge in [-0.25, -0.2) is 8.42 Å². The van der Waals surface area contributed by atoms with Gasteiger partial charge in [0.05, 0.1) is 5.25 Å². The summed E-state index contributed by atoms with van der Waals surface area (Å²) in [7, 11) is -2.28. The Kier molecular flexibility index (Phi) is 4.31. The molecular weight excluding hydrogens is 156 g/mol. The molecule has 0 aromatic heterocycles. The molecule has 2 nitrogen and oxygen atoms in total. The first-order valence-electron chi connectivity index (χ1n) is 2.84. The molecule has 0 radical (unpaired) electrons. The third-order valence-electron chi connectivity index (χ3n) is 1.23. The lowest BCUT2D eigenvalue weighted by molar-refractivity contribution is 0.567. The molecule has 0 spiro atoms. The minimum Gasteiger partial charge on any atom is -0.232 e. The number of rotatable bonds is 3. The van der Waals surface area contributed by atoms with Crippen LogP contribution in [0.25, 0.3) is 0 Å². The molecule has 0 saturated carbocycles. The van der Waals surface area contributed by atoms with E-state index in [1.165, 1.54) is 0 Å². The maximum atomic E-state index is 10.4. The Bertz CT molecular complexity index is 132. The zero-order valence-electron chi connectivity index (χ0n) is 5.57. The maximum absolute atomic E-state index is 10.4. The Morgan fingerprint density at radius 3 is 1.89 bits per heavy atom. The van der Waals surface area contributed by atoms with E-state index in [1.807, 2.05) is 13.8 Å². The van der Waals surface area contributed by atoms with E-state index in [-0.39, 0.29) is 11.2 Å². The lowest BCUT2D eigenvalue weighted by Crippen LogP contribution is -2.18. The molecule has 0 aromatic carbocycles. The highest BCUT2D eigenvalue weighted by Crippen LogP contribution is 2.06. The van der Waals surface area contributed by atoms with Crippen LogP contribution in [-0.4, -0.2) is 19.4 Å². The first kappa shape index (κ1) is 9.30. The average molecular weight is 168 g/mol. The Hall–Kier alpha value is 0.300. The van der Waals surface area contributed by atoms with Crippen LogP contribution in [0.5, 0.6) is 0 Å². The second-order valence-electron chi connectivity index (χ2n) is 2.28. The summed E-state index contributed by atoms with van der Waals surface area (Å²) in [6.45, 7) is 3.76. The molecule has 0 aliphatic carbocycles. The summed E-state index contributed by atoms with van der Waals surface area (Å²) < 4.78 is 20.7. The highest BCUT2D eigenvalue weighted by molar-refractivity contribution is 7.82. The SMILES string of the molecule is CC(C)C(CS)[SH](=O)=O. The van der Waals surface area contributed by atoms with Gasteiger partial charge in [0.1, 0.15) is 10.7 Å². The molecule has 0 rings (SSSR count). The first-order valence-corrected chi connectivity index (χ1v) is 4.72. The van der Waals surface area contributed by atoms with Crippen molar-refractivity contribution in [2.45, 2.75) is 19.1 Å². The Labute approximate surface area is 63.0 Å². The van der Waals surface area contributed by atoms with Crippen molar-refractivity contribution in [2.24, 2.45) is 5.92 Å². The highest BCUT2D eigenvalue weighted by Gasteiger charge is 2.12. The Morgan fingerprint density at radius 2 is 1.89 bits per heavy atom. The third kappa shape index (κ3) is 3.11. The first-order chi connectivity index (χ1) is 4.09. The lowest BCUT2D eigenvalue weighted by Gasteiger charge is -2.09. The van der Waals surface area contributed by atoms with E-state index in [1.54, 1.807) is 0 Å². The highest BCUT2D eigenvalue weighted by atomic mass is 32.2. The summed E-state index contributed by atoms with van der Waals surface area (Å²) in [6, 6.07) is 0. The van der Waals surface area contributed by atoms with Crippen molar-refractivity contribution in [3.05, 3.63) is 0 Å². The fourth-order valence-electron chi connectivity index (χ4n) is 0.521. The van der Waals surface area contributed by atoms with Gasteiger partial charge in [-0.2, -0.15) is 12.6 Å². The van der Waals surface area contributed by atoms with Gasteiger partial charge in [0.25, 0.3) is 0 Å². The second kappa shape index (κ2) is 4.17. The molecule has 0 amide bonds. The van der Waals surface area contributed by atoms with Crippen molar-refractivity contribution >= 4 is 23.3 Å². The van der Waals surface area contributed by atoms with Crippen LogP contribution in [0.1, 0.15) is 13.8 Å². The minimum absolute atomic E-state index is 0.184. The monoisotopic (exact) mass is 168 g/mol. The zero-order valence-corrected chi connectivity index (χ0v) is 7.36. The summed E-state index contributed by atoms with van der Waals surface area (Å²) in [5.74, 6) is 0.611. The van der Waals surface area contributed by atoms with Crippen LogP contribution < -0.4 is 0 Å². The third-order valence-corrected chi connectivity index (χ3v) is 3.23. The largest absolute Gasteiger partial charge is 0.232 e. The summed E-state index contributed by atoms with van der Waals surface area (Å²) in [4.78, 5) is 0. The molecule has 0 aliphatic rings. The van der Waals surface area contributed by atoms with Gasteiger partial charge in [-0.15, -0.1) is 0 Å². The molecule has 1 unspecified atom stereocenters. The van der Waals surface area contributed by atoms with Gasteiger partial charge >= 0.3 is 0 Å². The fourth-order valence-corrected chi connectivity index (χ4v) is 1.96. The smallest absolute Gasteiger partial charge is 0.144 e. The van der Waals surface area contributed by atoms with E-state index >= 15 is 0 Å². The van der Waals surface area contributed by atoms with Gasteiger partial charge in [-0.1, -0.05) is 13.8 Å². The molecule has 0 aliphatic heterocycles. The maximum Gasteiger partial charge on any atom is 0.144 e. The summed E-state index contributed by atoms with van der Waals surface area (Å²) in [5.41, 5.74) is 0. The molecule has 0 heterocycles. The summed E-state index contributed by atoms with van der Waals surface area (Å²) in [5, 5.41) is -0.261. The minimum atomic E-state index is -2.28. The van der Waals surface area contributed by atoms with E-state index in [0.717, 1.165) is 0 Å². The predicted octanol–water partition coefficient (Wildman–Crippen LogP) is 0.552. The van der Waals surface area contributed by atoms with Crippen LogP contribution in [-0.2, 0) is 10.7 Å². The quantitative estimate of drug-likeness (QED) is 0.604. The van der Waals surface area contributed by atoms with Gasteiger partial charge in [0.15, 0.2) is 0 Å². The van der Waals surface area contributed by atoms with Crippen LogP contribution in [0, 0.1) is 5.92 Å². The lowest BCUT2D eigenvalue weighted by atomic mass is 10.1. The Morgan fingerprint density at radius 1 is 1.44 bits per heavy atom. The number of hydrogen-bond donors (Lipinski definition) is 2. The van der Waals surface area contributed by atoms with Crippen LogP contribution >= 0.6 is 12.6 Å². The van der Waals surface area contributed by atoms with Crippen LogP contribution in [0.2, 0.25) is 0 Å². The molecule has 0 saturated heterocycles. The standard InChI is InChI=1S/C5H12O2S2/c1-4(2)5(3-8)9(6)7/h4-5,8-9H,3H2,1-2H3. The van der Waals surface area contributed by atoms with Crippen molar-refractivity contribution < 1.29 is 8.42 Å². The predicted molar refractivity (Wildman–Crippen MR) is 42.8 cm³/mol. The average Bonchev–Trinajstić information content (AvgIpc) is 1.64. The van der Waals surface area contributed by atoms with Crippen LogP contribution in [0.15, 0.2) is 0 Å². The molecule has 0 aromatic rings. The van der Waals surface area contributed by atoms with E-state index in [0.29, 0.717) is 5.75 Å². The molecular formula is C5H12O2S2. The van der Waals surface area contributed by atoms with Crippen LogP contribution in [0.4, 0.5) is 0 Å². The van der Waals surface area contributed by atoms with E-state index < -0.39 is 10.7 Å². The van der Waals surface area contributed by atoms with Crippen molar-refractivity contribution in [1.82, 2.24) is 0 Å². The van der Waals surface area contributed by atoms with Gasteiger partial charge in [-0.05, 0) is 5.92 Å². The zero-order chi connectivity index (χ0) is 7.44. The van der Waals surface area contributed by atoms with E-state index in [2.05, 4.69) is 12.6 Å². The molecule has 4 heteroatoms. The molecule has 56 valence electrons. The number of hydrogen-bond acceptors (Lipinski definition) is 3. The van der Waals surface area contributed by atoms with Crippen LogP contribution in [0.3, 0.4) is 0 Å². The molecule has 0 fully saturated rings. The fraction of sp³-hybridized carbons (Fsp3) is 1.00. The molecule has 0 bridgehead atoms. The molecule has 1 atom stereocenters.